The van der Waals surface area contributed by atoms with E-state index in [4.69, 9.17) is 16.2 Å². The van der Waals surface area contributed by atoms with E-state index in [9.17, 15) is 4.79 Å². The van der Waals surface area contributed by atoms with Gasteiger partial charge < -0.3 is 16.2 Å². The number of amides is 1. The summed E-state index contributed by atoms with van der Waals surface area (Å²) >= 11 is 0. The summed E-state index contributed by atoms with van der Waals surface area (Å²) in [6.45, 7) is 6.58. The normalized spacial score (nSPS) is 23.3. The van der Waals surface area contributed by atoms with Crippen molar-refractivity contribution < 1.29 is 9.53 Å². The zero-order valence-corrected chi connectivity index (χ0v) is 10.0. The minimum absolute atomic E-state index is 0. The lowest BCUT2D eigenvalue weighted by Gasteiger charge is -2.35. The van der Waals surface area contributed by atoms with Crippen molar-refractivity contribution in [3.05, 3.63) is 0 Å². The maximum atomic E-state index is 10.9. The maximum Gasteiger partial charge on any atom is 0.247 e. The molecular formula is C9H20ClN3O2. The molecule has 5 nitrogen and oxygen atoms in total. The molecule has 0 aromatic rings. The number of rotatable bonds is 3. The molecule has 0 bridgehead atoms. The molecule has 0 aromatic heterocycles. The Labute approximate surface area is 96.5 Å². The van der Waals surface area contributed by atoms with E-state index in [0.29, 0.717) is 13.2 Å². The number of carbonyl (C=O) groups excluding carboxylic acids is 1. The SMILES string of the molecule is CC(C)(N)CN1CCOC(C(N)=O)C1.Cl. The summed E-state index contributed by atoms with van der Waals surface area (Å²) in [6, 6.07) is 0. The van der Waals surface area contributed by atoms with Gasteiger partial charge in [0.2, 0.25) is 5.91 Å². The van der Waals surface area contributed by atoms with E-state index in [2.05, 4.69) is 4.90 Å². The van der Waals surface area contributed by atoms with Crippen molar-refractivity contribution in [2.24, 2.45) is 11.5 Å². The summed E-state index contributed by atoms with van der Waals surface area (Å²) in [5.74, 6) is -0.399. The average Bonchev–Trinajstić information content (AvgIpc) is 2.01. The molecule has 1 amide bonds. The smallest absolute Gasteiger partial charge is 0.247 e. The highest BCUT2D eigenvalue weighted by Crippen LogP contribution is 2.08. The Bertz CT molecular complexity index is 218. The third-order valence-corrected chi connectivity index (χ3v) is 2.10. The van der Waals surface area contributed by atoms with Crippen LogP contribution in [0.5, 0.6) is 0 Å². The second-order valence-electron chi connectivity index (χ2n) is 4.49. The Hall–Kier alpha value is -0.360. The van der Waals surface area contributed by atoms with Crippen LogP contribution in [0, 0.1) is 0 Å². The second kappa shape index (κ2) is 5.65. The van der Waals surface area contributed by atoms with Crippen LogP contribution in [0.25, 0.3) is 0 Å². The number of carbonyl (C=O) groups is 1. The number of nitrogens with zero attached hydrogens (tertiary/aromatic N) is 1. The molecule has 0 aromatic carbocycles. The van der Waals surface area contributed by atoms with Gasteiger partial charge in [-0.05, 0) is 13.8 Å². The van der Waals surface area contributed by atoms with Crippen LogP contribution in [0.4, 0.5) is 0 Å². The molecule has 0 spiro atoms. The van der Waals surface area contributed by atoms with Gasteiger partial charge in [0, 0.05) is 25.2 Å². The molecule has 15 heavy (non-hydrogen) atoms. The van der Waals surface area contributed by atoms with E-state index in [1.165, 1.54) is 0 Å². The highest BCUT2D eigenvalue weighted by atomic mass is 35.5. The number of nitrogens with two attached hydrogens (primary N) is 2. The van der Waals surface area contributed by atoms with E-state index < -0.39 is 12.0 Å². The molecule has 1 fully saturated rings. The van der Waals surface area contributed by atoms with Crippen LogP contribution in [-0.4, -0.2) is 48.7 Å². The van der Waals surface area contributed by atoms with Gasteiger partial charge in [-0.3, -0.25) is 9.69 Å². The molecule has 90 valence electrons. The van der Waals surface area contributed by atoms with Crippen LogP contribution in [0.15, 0.2) is 0 Å². The van der Waals surface area contributed by atoms with Gasteiger partial charge in [0.25, 0.3) is 0 Å². The first kappa shape index (κ1) is 14.6. The summed E-state index contributed by atoms with van der Waals surface area (Å²) in [6.07, 6.45) is -0.480. The van der Waals surface area contributed by atoms with Crippen LogP contribution in [-0.2, 0) is 9.53 Å². The van der Waals surface area contributed by atoms with Crippen molar-refractivity contribution in [3.8, 4) is 0 Å². The summed E-state index contributed by atoms with van der Waals surface area (Å²) in [5, 5.41) is 0. The summed E-state index contributed by atoms with van der Waals surface area (Å²) in [5.41, 5.74) is 10.8. The van der Waals surface area contributed by atoms with Crippen molar-refractivity contribution in [2.75, 3.05) is 26.2 Å². The van der Waals surface area contributed by atoms with Crippen LogP contribution < -0.4 is 11.5 Å². The topological polar surface area (TPSA) is 81.6 Å². The lowest BCUT2D eigenvalue weighted by atomic mass is 10.1. The van der Waals surface area contributed by atoms with E-state index in [1.807, 2.05) is 13.8 Å². The summed E-state index contributed by atoms with van der Waals surface area (Å²) < 4.78 is 5.23. The molecular weight excluding hydrogens is 218 g/mol. The first-order chi connectivity index (χ1) is 6.38. The van der Waals surface area contributed by atoms with Crippen LogP contribution in [0.2, 0.25) is 0 Å². The fourth-order valence-electron chi connectivity index (χ4n) is 1.59. The van der Waals surface area contributed by atoms with Crippen molar-refractivity contribution in [2.45, 2.75) is 25.5 Å². The highest BCUT2D eigenvalue weighted by Gasteiger charge is 2.27. The van der Waals surface area contributed by atoms with Gasteiger partial charge in [0.1, 0.15) is 6.10 Å². The number of morpholine rings is 1. The molecule has 1 aliphatic rings. The van der Waals surface area contributed by atoms with Crippen molar-refractivity contribution >= 4 is 18.3 Å². The summed E-state index contributed by atoms with van der Waals surface area (Å²) in [4.78, 5) is 13.0. The number of ether oxygens (including phenoxy) is 1. The minimum Gasteiger partial charge on any atom is -0.367 e. The Morgan fingerprint density at radius 3 is 2.67 bits per heavy atom. The lowest BCUT2D eigenvalue weighted by Crippen LogP contribution is -2.54. The monoisotopic (exact) mass is 237 g/mol. The van der Waals surface area contributed by atoms with Gasteiger partial charge >= 0.3 is 0 Å². The molecule has 1 atom stereocenters. The van der Waals surface area contributed by atoms with Gasteiger partial charge in [0.15, 0.2) is 0 Å². The molecule has 4 N–H and O–H groups in total. The van der Waals surface area contributed by atoms with Crippen LogP contribution in [0.1, 0.15) is 13.8 Å². The van der Waals surface area contributed by atoms with E-state index in [-0.39, 0.29) is 17.9 Å². The number of hydrogen-bond donors (Lipinski definition) is 2. The lowest BCUT2D eigenvalue weighted by molar-refractivity contribution is -0.135. The van der Waals surface area contributed by atoms with Gasteiger partial charge in [0.05, 0.1) is 6.61 Å². The maximum absolute atomic E-state index is 10.9. The third-order valence-electron chi connectivity index (χ3n) is 2.10. The molecule has 1 rings (SSSR count). The average molecular weight is 238 g/mol. The molecule has 0 saturated carbocycles. The molecule has 1 saturated heterocycles. The Morgan fingerprint density at radius 2 is 2.20 bits per heavy atom. The van der Waals surface area contributed by atoms with Crippen LogP contribution >= 0.6 is 12.4 Å². The van der Waals surface area contributed by atoms with Gasteiger partial charge in [-0.25, -0.2) is 0 Å². The Balaban J connectivity index is 0.00000196. The second-order valence-corrected chi connectivity index (χ2v) is 4.49. The quantitative estimate of drug-likeness (QED) is 0.682. The zero-order chi connectivity index (χ0) is 10.8. The standard InChI is InChI=1S/C9H19N3O2.ClH/c1-9(2,11)6-12-3-4-14-7(5-12)8(10)13;/h7H,3-6,11H2,1-2H3,(H2,10,13);1H. The largest absolute Gasteiger partial charge is 0.367 e. The Kier molecular flexibility index (Phi) is 5.51. The molecule has 0 radical (unpaired) electrons. The number of halogens is 1. The fraction of sp³-hybridized carbons (Fsp3) is 0.889. The van der Waals surface area contributed by atoms with Crippen LogP contribution in [0.3, 0.4) is 0 Å². The zero-order valence-electron chi connectivity index (χ0n) is 9.23. The highest BCUT2D eigenvalue weighted by molar-refractivity contribution is 5.85. The Morgan fingerprint density at radius 1 is 1.60 bits per heavy atom. The molecule has 0 aliphatic carbocycles. The van der Waals surface area contributed by atoms with Crippen molar-refractivity contribution in [1.29, 1.82) is 0 Å². The van der Waals surface area contributed by atoms with Gasteiger partial charge in [-0.2, -0.15) is 0 Å². The first-order valence-corrected chi connectivity index (χ1v) is 4.81. The minimum atomic E-state index is -0.480. The number of hydrogen-bond acceptors (Lipinski definition) is 4. The van der Waals surface area contributed by atoms with E-state index in [0.717, 1.165) is 13.1 Å². The first-order valence-electron chi connectivity index (χ1n) is 4.81. The molecule has 1 unspecified atom stereocenters. The van der Waals surface area contributed by atoms with Gasteiger partial charge in [-0.15, -0.1) is 12.4 Å². The molecule has 6 heteroatoms. The molecule has 1 heterocycles. The van der Waals surface area contributed by atoms with Gasteiger partial charge in [-0.1, -0.05) is 0 Å². The molecule has 1 aliphatic heterocycles. The predicted octanol–water partition coefficient (Wildman–Crippen LogP) is -0.668. The van der Waals surface area contributed by atoms with E-state index >= 15 is 0 Å². The predicted molar refractivity (Wildman–Crippen MR) is 60.9 cm³/mol. The fourth-order valence-corrected chi connectivity index (χ4v) is 1.59. The third kappa shape index (κ3) is 5.32. The van der Waals surface area contributed by atoms with E-state index in [1.54, 1.807) is 0 Å². The number of primary amides is 1. The summed E-state index contributed by atoms with van der Waals surface area (Å²) in [7, 11) is 0. The van der Waals surface area contributed by atoms with Crippen molar-refractivity contribution in [3.63, 3.8) is 0 Å². The van der Waals surface area contributed by atoms with Crippen molar-refractivity contribution in [1.82, 2.24) is 4.90 Å².